The van der Waals surface area contributed by atoms with E-state index < -0.39 is 0 Å². The Morgan fingerprint density at radius 2 is 1.83 bits per heavy atom. The molecule has 0 amide bonds. The summed E-state index contributed by atoms with van der Waals surface area (Å²) in [6, 6.07) is 16.0. The molecule has 1 aliphatic carbocycles. The summed E-state index contributed by atoms with van der Waals surface area (Å²) >= 11 is 5.54. The number of aromatic nitrogens is 2. The second kappa shape index (κ2) is 5.42. The van der Waals surface area contributed by atoms with E-state index in [4.69, 9.17) is 12.2 Å². The van der Waals surface area contributed by atoms with Gasteiger partial charge in [0.2, 0.25) is 0 Å². The molecule has 0 saturated heterocycles. The van der Waals surface area contributed by atoms with Crippen molar-refractivity contribution in [2.45, 2.75) is 38.1 Å². The highest BCUT2D eigenvalue weighted by molar-refractivity contribution is 7.71. The minimum Gasteiger partial charge on any atom is -0.332 e. The van der Waals surface area contributed by atoms with Crippen LogP contribution in [0.5, 0.6) is 0 Å². The highest BCUT2D eigenvalue weighted by Gasteiger charge is 2.33. The van der Waals surface area contributed by atoms with E-state index >= 15 is 0 Å². The molecule has 0 aliphatic heterocycles. The lowest BCUT2D eigenvalue weighted by molar-refractivity contribution is 0.361. The fraction of sp³-hybridized carbons (Fsp3) is 0.300. The van der Waals surface area contributed by atoms with E-state index in [2.05, 4.69) is 37.0 Å². The monoisotopic (exact) mass is 336 g/mol. The van der Waals surface area contributed by atoms with Crippen LogP contribution in [0.15, 0.2) is 53.3 Å². The van der Waals surface area contributed by atoms with E-state index in [-0.39, 0.29) is 17.0 Å². The highest BCUT2D eigenvalue weighted by Crippen LogP contribution is 2.42. The number of nitrogens with one attached hydrogen (secondary N) is 1. The molecule has 4 rings (SSSR count). The van der Waals surface area contributed by atoms with Crippen molar-refractivity contribution in [2.24, 2.45) is 0 Å². The Morgan fingerprint density at radius 1 is 1.12 bits per heavy atom. The van der Waals surface area contributed by atoms with E-state index in [9.17, 15) is 4.79 Å². The summed E-state index contributed by atoms with van der Waals surface area (Å²) in [4.78, 5) is 16.3. The molecule has 3 nitrogen and oxygen atoms in total. The minimum absolute atomic E-state index is 0.00455. The summed E-state index contributed by atoms with van der Waals surface area (Å²) in [5, 5.41) is 0.688. The summed E-state index contributed by atoms with van der Waals surface area (Å²) in [6.07, 6.45) is 1.95. The molecule has 1 aromatic heterocycles. The van der Waals surface area contributed by atoms with Crippen molar-refractivity contribution >= 4 is 23.1 Å². The smallest absolute Gasteiger partial charge is 0.262 e. The Bertz CT molecular complexity index is 1050. The maximum absolute atomic E-state index is 13.1. The molecule has 0 radical (unpaired) electrons. The van der Waals surface area contributed by atoms with Gasteiger partial charge in [0.05, 0.1) is 16.9 Å². The zero-order valence-corrected chi connectivity index (χ0v) is 14.7. The third-order valence-corrected chi connectivity index (χ3v) is 5.54. The normalized spacial score (nSPS) is 19.2. The summed E-state index contributed by atoms with van der Waals surface area (Å²) in [7, 11) is 0. The van der Waals surface area contributed by atoms with Crippen molar-refractivity contribution in [2.75, 3.05) is 0 Å². The lowest BCUT2D eigenvalue weighted by atomic mass is 9.71. The second-order valence-corrected chi connectivity index (χ2v) is 7.56. The number of fused-ring (bicyclic) bond motifs is 2. The zero-order valence-electron chi connectivity index (χ0n) is 13.9. The van der Waals surface area contributed by atoms with Gasteiger partial charge in [-0.3, -0.25) is 9.36 Å². The summed E-state index contributed by atoms with van der Waals surface area (Å²) in [5.41, 5.74) is 3.45. The molecule has 0 saturated carbocycles. The van der Waals surface area contributed by atoms with E-state index in [0.717, 1.165) is 18.4 Å². The first-order chi connectivity index (χ1) is 11.5. The Morgan fingerprint density at radius 3 is 2.67 bits per heavy atom. The van der Waals surface area contributed by atoms with Crippen LogP contribution < -0.4 is 5.56 Å². The molecule has 0 fully saturated rings. The number of hydrogen-bond donors (Lipinski definition) is 1. The molecule has 3 aromatic rings. The molecule has 1 heterocycles. The van der Waals surface area contributed by atoms with Crippen LogP contribution >= 0.6 is 12.2 Å². The molecule has 4 heteroatoms. The Balaban J connectivity index is 2.00. The highest BCUT2D eigenvalue weighted by atomic mass is 32.1. The van der Waals surface area contributed by atoms with Gasteiger partial charge in [-0.25, -0.2) is 0 Å². The van der Waals surface area contributed by atoms with Crippen LogP contribution in [0.2, 0.25) is 0 Å². The van der Waals surface area contributed by atoms with E-state index in [1.54, 1.807) is 4.57 Å². The topological polar surface area (TPSA) is 37.8 Å². The molecule has 1 unspecified atom stereocenters. The minimum atomic E-state index is -0.00569. The summed E-state index contributed by atoms with van der Waals surface area (Å²) in [6.45, 7) is 4.54. The zero-order chi connectivity index (χ0) is 16.9. The molecule has 1 atom stereocenters. The molecular formula is C20H20N2OS. The molecule has 122 valence electrons. The van der Waals surface area contributed by atoms with Crippen LogP contribution in [0, 0.1) is 4.77 Å². The van der Waals surface area contributed by atoms with Crippen LogP contribution in [-0.4, -0.2) is 9.55 Å². The maximum Gasteiger partial charge on any atom is 0.262 e. The van der Waals surface area contributed by atoms with Crippen molar-refractivity contribution in [1.29, 1.82) is 0 Å². The van der Waals surface area contributed by atoms with Crippen molar-refractivity contribution in [3.8, 4) is 0 Å². The average Bonchev–Trinajstić information content (AvgIpc) is 2.57. The first-order valence-electron chi connectivity index (χ1n) is 8.32. The maximum atomic E-state index is 13.1. The SMILES string of the molecule is CC1(C)CCC(n2c(=S)[nH]c3ccccc3c2=O)c2ccccc21. The lowest BCUT2D eigenvalue weighted by Crippen LogP contribution is -2.34. The number of hydrogen-bond acceptors (Lipinski definition) is 2. The first kappa shape index (κ1) is 15.3. The molecular weight excluding hydrogens is 316 g/mol. The van der Waals surface area contributed by atoms with E-state index in [1.165, 1.54) is 11.1 Å². The van der Waals surface area contributed by atoms with Crippen LogP contribution in [0.25, 0.3) is 10.9 Å². The predicted octanol–water partition coefficient (Wildman–Crippen LogP) is 4.72. The van der Waals surface area contributed by atoms with E-state index in [0.29, 0.717) is 10.2 Å². The largest absolute Gasteiger partial charge is 0.332 e. The van der Waals surface area contributed by atoms with Crippen LogP contribution in [0.3, 0.4) is 0 Å². The van der Waals surface area contributed by atoms with Gasteiger partial charge in [0.1, 0.15) is 0 Å². The van der Waals surface area contributed by atoms with Crippen molar-refractivity contribution in [3.63, 3.8) is 0 Å². The molecule has 2 aromatic carbocycles. The number of nitrogens with zero attached hydrogens (tertiary/aromatic N) is 1. The van der Waals surface area contributed by atoms with Gasteiger partial charge in [0.15, 0.2) is 4.77 Å². The third kappa shape index (κ3) is 2.25. The van der Waals surface area contributed by atoms with Gasteiger partial charge in [-0.2, -0.15) is 0 Å². The van der Waals surface area contributed by atoms with Crippen molar-refractivity contribution in [1.82, 2.24) is 9.55 Å². The summed E-state index contributed by atoms with van der Waals surface area (Å²) < 4.78 is 2.27. The fourth-order valence-electron chi connectivity index (χ4n) is 3.92. The van der Waals surface area contributed by atoms with Gasteiger partial charge < -0.3 is 4.98 Å². The number of aromatic amines is 1. The van der Waals surface area contributed by atoms with Crippen molar-refractivity contribution < 1.29 is 0 Å². The fourth-order valence-corrected chi connectivity index (χ4v) is 4.24. The Hall–Kier alpha value is -2.20. The molecule has 1 N–H and O–H groups in total. The number of benzene rings is 2. The van der Waals surface area contributed by atoms with Gasteiger partial charge in [0.25, 0.3) is 5.56 Å². The molecule has 1 aliphatic rings. The van der Waals surface area contributed by atoms with Crippen LogP contribution in [-0.2, 0) is 5.41 Å². The second-order valence-electron chi connectivity index (χ2n) is 7.18. The number of para-hydroxylation sites is 1. The Labute approximate surface area is 146 Å². The van der Waals surface area contributed by atoms with Gasteiger partial charge in [0, 0.05) is 0 Å². The predicted molar refractivity (Wildman–Crippen MR) is 100 cm³/mol. The molecule has 0 spiro atoms. The lowest BCUT2D eigenvalue weighted by Gasteiger charge is -2.37. The Kier molecular flexibility index (Phi) is 3.46. The van der Waals surface area contributed by atoms with Gasteiger partial charge in [-0.05, 0) is 53.7 Å². The van der Waals surface area contributed by atoms with Gasteiger partial charge in [-0.15, -0.1) is 0 Å². The summed E-state index contributed by atoms with van der Waals surface area (Å²) in [5.74, 6) is 0. The van der Waals surface area contributed by atoms with Crippen molar-refractivity contribution in [3.05, 3.63) is 74.8 Å². The number of rotatable bonds is 1. The van der Waals surface area contributed by atoms with Gasteiger partial charge in [-0.1, -0.05) is 50.2 Å². The molecule has 0 bridgehead atoms. The van der Waals surface area contributed by atoms with Crippen LogP contribution in [0.4, 0.5) is 0 Å². The molecule has 24 heavy (non-hydrogen) atoms. The standard InChI is InChI=1S/C20H20N2OS/c1-20(2)12-11-17(13-7-3-5-9-15(13)20)22-18(23)14-8-4-6-10-16(14)21-19(22)24/h3-10,17H,11-12H2,1-2H3,(H,21,24). The van der Waals surface area contributed by atoms with Gasteiger partial charge >= 0.3 is 0 Å². The first-order valence-corrected chi connectivity index (χ1v) is 8.73. The third-order valence-electron chi connectivity index (χ3n) is 5.24. The average molecular weight is 336 g/mol. The number of H-pyrrole nitrogens is 1. The van der Waals surface area contributed by atoms with E-state index in [1.807, 2.05) is 30.3 Å². The van der Waals surface area contributed by atoms with Crippen LogP contribution in [0.1, 0.15) is 43.9 Å². The quantitative estimate of drug-likeness (QED) is 0.653.